The zero-order valence-corrected chi connectivity index (χ0v) is 15.0. The highest BCUT2D eigenvalue weighted by atomic mass is 14.0. The summed E-state index contributed by atoms with van der Waals surface area (Å²) in [6, 6.07) is 41.6. The fraction of sp³-hybridized carbons (Fsp3) is 0.0400. The fourth-order valence-corrected chi connectivity index (χ4v) is 2.52. The minimum Gasteiger partial charge on any atom is -0.344 e. The lowest BCUT2D eigenvalue weighted by molar-refractivity contribution is 1.59. The molecule has 0 aromatic heterocycles. The second-order valence-corrected chi connectivity index (χ2v) is 5.47. The van der Waals surface area contributed by atoms with E-state index in [0.717, 1.165) is 0 Å². The highest BCUT2D eigenvalue weighted by molar-refractivity contribution is 5.72. The van der Waals surface area contributed by atoms with Crippen molar-refractivity contribution in [3.05, 3.63) is 121 Å². The lowest BCUT2D eigenvalue weighted by atomic mass is 9.99. The van der Waals surface area contributed by atoms with Crippen molar-refractivity contribution in [2.24, 2.45) is 0 Å². The molecular formula is C25H30N2. The predicted octanol–water partition coefficient (Wildman–Crippen LogP) is 7.67. The van der Waals surface area contributed by atoms with Crippen molar-refractivity contribution < 1.29 is 0 Å². The smallest absolute Gasteiger partial charge is 0.0178 e. The van der Waals surface area contributed by atoms with E-state index in [-0.39, 0.29) is 19.7 Å². The Balaban J connectivity index is 0.000000652. The van der Waals surface area contributed by atoms with Crippen LogP contribution in [0.5, 0.6) is 0 Å². The van der Waals surface area contributed by atoms with Crippen molar-refractivity contribution in [2.45, 2.75) is 7.43 Å². The molecule has 27 heavy (non-hydrogen) atoms. The minimum atomic E-state index is 0. The second-order valence-electron chi connectivity index (χ2n) is 5.47. The average molecular weight is 359 g/mol. The van der Waals surface area contributed by atoms with Crippen LogP contribution in [-0.4, -0.2) is 0 Å². The Bertz CT molecular complexity index is 763. The van der Waals surface area contributed by atoms with E-state index in [0.29, 0.717) is 0 Å². The van der Waals surface area contributed by atoms with Gasteiger partial charge in [0.25, 0.3) is 0 Å². The monoisotopic (exact) mass is 358 g/mol. The molecule has 0 aliphatic rings. The summed E-state index contributed by atoms with van der Waals surface area (Å²) in [4.78, 5) is 0. The Kier molecular flexibility index (Phi) is 11.5. The Labute approximate surface area is 163 Å². The van der Waals surface area contributed by atoms with E-state index >= 15 is 0 Å². The zero-order chi connectivity index (χ0) is 16.5. The topological polar surface area (TPSA) is 70.0 Å². The maximum Gasteiger partial charge on any atom is -0.0178 e. The first kappa shape index (κ1) is 23.8. The largest absolute Gasteiger partial charge is 0.344 e. The third-order valence-corrected chi connectivity index (χ3v) is 3.74. The van der Waals surface area contributed by atoms with Crippen LogP contribution in [-0.2, 0) is 0 Å². The summed E-state index contributed by atoms with van der Waals surface area (Å²) in [6.07, 6.45) is 0. The summed E-state index contributed by atoms with van der Waals surface area (Å²) in [5, 5.41) is 0. The molecule has 4 rings (SSSR count). The lowest BCUT2D eigenvalue weighted by Gasteiger charge is -2.05. The molecule has 0 atom stereocenters. The molecule has 4 aromatic carbocycles. The molecule has 0 unspecified atom stereocenters. The molecule has 0 radical (unpaired) electrons. The summed E-state index contributed by atoms with van der Waals surface area (Å²) in [5.41, 5.74) is 5.04. The molecule has 0 spiro atoms. The molecule has 0 heterocycles. The van der Waals surface area contributed by atoms with E-state index in [1.54, 1.807) is 0 Å². The Hall–Kier alpha value is -3.20. The number of rotatable bonds is 2. The predicted molar refractivity (Wildman–Crippen MR) is 121 cm³/mol. The standard InChI is InChI=1S/C18H14.C6H6.CH4.2H3N/c1-3-8-15(9-4-1)17-12-7-13-18(14-17)16-10-5-2-6-11-16;1-2-4-6-5-3-1;;;/h1-14H;1-6H;1H4;2*1H3. The van der Waals surface area contributed by atoms with Gasteiger partial charge in [-0.15, -0.1) is 0 Å². The molecular weight excluding hydrogens is 328 g/mol. The quantitative estimate of drug-likeness (QED) is 0.386. The first-order chi connectivity index (χ1) is 11.9. The van der Waals surface area contributed by atoms with Crippen LogP contribution in [0.3, 0.4) is 0 Å². The van der Waals surface area contributed by atoms with Crippen LogP contribution in [0.4, 0.5) is 0 Å². The number of hydrogen-bond donors (Lipinski definition) is 2. The molecule has 0 saturated heterocycles. The molecule has 6 N–H and O–H groups in total. The third-order valence-electron chi connectivity index (χ3n) is 3.74. The molecule has 0 bridgehead atoms. The van der Waals surface area contributed by atoms with E-state index < -0.39 is 0 Å². The van der Waals surface area contributed by atoms with E-state index in [2.05, 4.69) is 72.8 Å². The summed E-state index contributed by atoms with van der Waals surface area (Å²) in [5.74, 6) is 0. The summed E-state index contributed by atoms with van der Waals surface area (Å²) < 4.78 is 0. The van der Waals surface area contributed by atoms with Crippen molar-refractivity contribution in [1.29, 1.82) is 0 Å². The van der Waals surface area contributed by atoms with Gasteiger partial charge in [0.1, 0.15) is 0 Å². The fourth-order valence-electron chi connectivity index (χ4n) is 2.52. The molecule has 0 aliphatic carbocycles. The summed E-state index contributed by atoms with van der Waals surface area (Å²) >= 11 is 0. The van der Waals surface area contributed by atoms with E-state index in [9.17, 15) is 0 Å². The van der Waals surface area contributed by atoms with Gasteiger partial charge >= 0.3 is 0 Å². The molecule has 140 valence electrons. The molecule has 0 amide bonds. The van der Waals surface area contributed by atoms with Crippen molar-refractivity contribution in [3.8, 4) is 22.3 Å². The van der Waals surface area contributed by atoms with Crippen LogP contribution >= 0.6 is 0 Å². The van der Waals surface area contributed by atoms with Crippen LogP contribution in [0, 0.1) is 0 Å². The first-order valence-electron chi connectivity index (χ1n) is 8.14. The van der Waals surface area contributed by atoms with Crippen LogP contribution < -0.4 is 12.3 Å². The van der Waals surface area contributed by atoms with Crippen molar-refractivity contribution >= 4 is 0 Å². The minimum absolute atomic E-state index is 0. The van der Waals surface area contributed by atoms with Gasteiger partial charge in [-0.1, -0.05) is 123 Å². The Morgan fingerprint density at radius 3 is 0.889 bits per heavy atom. The van der Waals surface area contributed by atoms with E-state index in [4.69, 9.17) is 0 Å². The van der Waals surface area contributed by atoms with Crippen LogP contribution in [0.25, 0.3) is 22.3 Å². The van der Waals surface area contributed by atoms with Gasteiger partial charge in [0.2, 0.25) is 0 Å². The summed E-state index contributed by atoms with van der Waals surface area (Å²) in [7, 11) is 0. The van der Waals surface area contributed by atoms with Crippen LogP contribution in [0.1, 0.15) is 7.43 Å². The highest BCUT2D eigenvalue weighted by Gasteiger charge is 2.00. The number of hydrogen-bond acceptors (Lipinski definition) is 2. The third kappa shape index (κ3) is 7.28. The van der Waals surface area contributed by atoms with Crippen molar-refractivity contribution in [3.63, 3.8) is 0 Å². The van der Waals surface area contributed by atoms with Gasteiger partial charge in [0.05, 0.1) is 0 Å². The first-order valence-corrected chi connectivity index (χ1v) is 8.14. The van der Waals surface area contributed by atoms with Gasteiger partial charge in [0.15, 0.2) is 0 Å². The maximum atomic E-state index is 2.24. The molecule has 0 saturated carbocycles. The second kappa shape index (κ2) is 13.1. The molecule has 2 nitrogen and oxygen atoms in total. The average Bonchev–Trinajstić information content (AvgIpc) is 2.71. The Morgan fingerprint density at radius 2 is 0.556 bits per heavy atom. The van der Waals surface area contributed by atoms with Crippen molar-refractivity contribution in [1.82, 2.24) is 12.3 Å². The Morgan fingerprint density at radius 1 is 0.296 bits per heavy atom. The molecule has 4 aromatic rings. The molecule has 2 heteroatoms. The van der Waals surface area contributed by atoms with Crippen LogP contribution in [0.15, 0.2) is 121 Å². The highest BCUT2D eigenvalue weighted by Crippen LogP contribution is 2.25. The lowest BCUT2D eigenvalue weighted by Crippen LogP contribution is -1.80. The molecule has 0 aliphatic heterocycles. The normalized spacial score (nSPS) is 8.59. The van der Waals surface area contributed by atoms with Gasteiger partial charge in [-0.05, 0) is 28.3 Å². The van der Waals surface area contributed by atoms with Crippen LogP contribution in [0.2, 0.25) is 0 Å². The number of benzene rings is 4. The van der Waals surface area contributed by atoms with Gasteiger partial charge in [-0.3, -0.25) is 0 Å². The summed E-state index contributed by atoms with van der Waals surface area (Å²) in [6.45, 7) is 0. The van der Waals surface area contributed by atoms with Gasteiger partial charge in [-0.2, -0.15) is 0 Å². The van der Waals surface area contributed by atoms with Gasteiger partial charge in [0, 0.05) is 0 Å². The van der Waals surface area contributed by atoms with Gasteiger partial charge in [-0.25, -0.2) is 0 Å². The van der Waals surface area contributed by atoms with Gasteiger partial charge < -0.3 is 12.3 Å². The van der Waals surface area contributed by atoms with Crippen molar-refractivity contribution in [2.75, 3.05) is 0 Å². The van der Waals surface area contributed by atoms with E-state index in [1.807, 2.05) is 48.5 Å². The zero-order valence-electron chi connectivity index (χ0n) is 15.0. The SMILES string of the molecule is C.N.N.c1ccc(-c2cccc(-c3ccccc3)c2)cc1.c1ccccc1. The van der Waals surface area contributed by atoms with E-state index in [1.165, 1.54) is 22.3 Å². The molecule has 0 fully saturated rings. The maximum absolute atomic E-state index is 2.24.